The molecule has 0 aromatic heterocycles. The summed E-state index contributed by atoms with van der Waals surface area (Å²) < 4.78 is 5.10. The summed E-state index contributed by atoms with van der Waals surface area (Å²) in [6.07, 6.45) is -0.763. The molecule has 0 fully saturated rings. The highest BCUT2D eigenvalue weighted by atomic mass is 16.6. The van der Waals surface area contributed by atoms with Crippen LogP contribution < -0.4 is 20.7 Å². The molecular formula is C15H14N4O5. The van der Waals surface area contributed by atoms with Crippen LogP contribution in [0.3, 0.4) is 0 Å². The Morgan fingerprint density at radius 3 is 2.38 bits per heavy atom. The normalized spacial score (nSPS) is 9.71. The summed E-state index contributed by atoms with van der Waals surface area (Å²) in [5.74, 6) is 0.225. The van der Waals surface area contributed by atoms with Crippen LogP contribution in [0.2, 0.25) is 0 Å². The lowest BCUT2D eigenvalue weighted by Gasteiger charge is -2.08. The average Bonchev–Trinajstić information content (AvgIpc) is 2.55. The van der Waals surface area contributed by atoms with Crippen LogP contribution in [0.4, 0.5) is 26.7 Å². The van der Waals surface area contributed by atoms with Gasteiger partial charge in [-0.1, -0.05) is 6.07 Å². The molecule has 0 atom stereocenters. The Morgan fingerprint density at radius 1 is 1.04 bits per heavy atom. The molecule has 2 aromatic carbocycles. The third-order valence-corrected chi connectivity index (χ3v) is 2.85. The number of carbonyl (C=O) groups is 2. The first kappa shape index (κ1) is 16.7. The fraction of sp³-hybridized carbons (Fsp3) is 0.0667. The number of carbonyl (C=O) groups excluding carboxylic acids is 2. The van der Waals surface area contributed by atoms with E-state index in [4.69, 9.17) is 4.74 Å². The van der Waals surface area contributed by atoms with Crippen molar-refractivity contribution in [3.05, 3.63) is 58.6 Å². The van der Waals surface area contributed by atoms with Crippen LogP contribution in [-0.4, -0.2) is 24.1 Å². The molecule has 3 N–H and O–H groups in total. The minimum absolute atomic E-state index is 0.0816. The second-order valence-electron chi connectivity index (χ2n) is 4.55. The maximum absolute atomic E-state index is 11.8. The van der Waals surface area contributed by atoms with E-state index in [2.05, 4.69) is 16.0 Å². The summed E-state index contributed by atoms with van der Waals surface area (Å²) in [6, 6.07) is 11.2. The monoisotopic (exact) mass is 330 g/mol. The number of amides is 3. The molecular weight excluding hydrogens is 316 g/mol. The van der Waals surface area contributed by atoms with Gasteiger partial charge in [0.05, 0.1) is 4.92 Å². The highest BCUT2D eigenvalue weighted by molar-refractivity contribution is 5.90. The molecule has 3 amide bonds. The molecule has 24 heavy (non-hydrogen) atoms. The molecule has 0 spiro atoms. The number of benzene rings is 2. The number of anilines is 2. The van der Waals surface area contributed by atoms with Gasteiger partial charge < -0.3 is 15.4 Å². The van der Waals surface area contributed by atoms with Gasteiger partial charge in [-0.05, 0) is 24.3 Å². The topological polar surface area (TPSA) is 123 Å². The largest absolute Gasteiger partial charge is 0.417 e. The molecule has 0 aliphatic heterocycles. The van der Waals surface area contributed by atoms with Crippen molar-refractivity contribution in [3.63, 3.8) is 0 Å². The van der Waals surface area contributed by atoms with Crippen LogP contribution in [0.1, 0.15) is 0 Å². The number of nitrogens with one attached hydrogen (secondary N) is 3. The number of non-ortho nitro benzene ring substituents is 1. The van der Waals surface area contributed by atoms with Crippen molar-refractivity contribution in [3.8, 4) is 5.75 Å². The summed E-state index contributed by atoms with van der Waals surface area (Å²) in [6.45, 7) is 0. The lowest BCUT2D eigenvalue weighted by Crippen LogP contribution is -2.24. The fourth-order valence-corrected chi connectivity index (χ4v) is 1.75. The van der Waals surface area contributed by atoms with E-state index in [-0.39, 0.29) is 11.4 Å². The van der Waals surface area contributed by atoms with Crippen molar-refractivity contribution in [2.75, 3.05) is 17.7 Å². The Bertz CT molecular complexity index is 761. The van der Waals surface area contributed by atoms with Gasteiger partial charge in [-0.2, -0.15) is 0 Å². The number of nitrogens with zero attached hydrogens (tertiary/aromatic N) is 1. The van der Waals surface area contributed by atoms with Crippen LogP contribution in [0.25, 0.3) is 0 Å². The van der Waals surface area contributed by atoms with Crippen molar-refractivity contribution in [2.45, 2.75) is 0 Å². The van der Waals surface area contributed by atoms with Gasteiger partial charge in [-0.25, -0.2) is 9.59 Å². The molecule has 9 nitrogen and oxygen atoms in total. The van der Waals surface area contributed by atoms with Gasteiger partial charge >= 0.3 is 12.1 Å². The molecule has 2 aromatic rings. The first-order valence-corrected chi connectivity index (χ1v) is 6.80. The zero-order valence-electron chi connectivity index (χ0n) is 12.6. The summed E-state index contributed by atoms with van der Waals surface area (Å²) >= 11 is 0. The molecule has 2 rings (SSSR count). The van der Waals surface area contributed by atoms with Gasteiger partial charge in [0.2, 0.25) is 0 Å². The lowest BCUT2D eigenvalue weighted by atomic mass is 10.3. The SMILES string of the molecule is CNC(=O)Nc1cccc(OC(=O)Nc2ccc([N+](=O)[O-])cc2)c1. The van der Waals surface area contributed by atoms with Crippen LogP contribution in [0, 0.1) is 10.1 Å². The smallest absolute Gasteiger partial charge is 0.410 e. The third kappa shape index (κ3) is 4.70. The minimum atomic E-state index is -0.763. The highest BCUT2D eigenvalue weighted by Gasteiger charge is 2.09. The van der Waals surface area contributed by atoms with E-state index in [1.54, 1.807) is 18.2 Å². The van der Waals surface area contributed by atoms with Crippen molar-refractivity contribution in [2.24, 2.45) is 0 Å². The Morgan fingerprint density at radius 2 is 1.75 bits per heavy atom. The Hall–Kier alpha value is -3.62. The molecule has 0 aliphatic rings. The molecule has 0 aliphatic carbocycles. The van der Waals surface area contributed by atoms with E-state index >= 15 is 0 Å². The van der Waals surface area contributed by atoms with Crippen molar-refractivity contribution in [1.82, 2.24) is 5.32 Å². The second-order valence-corrected chi connectivity index (χ2v) is 4.55. The molecule has 124 valence electrons. The van der Waals surface area contributed by atoms with E-state index in [0.29, 0.717) is 11.4 Å². The molecule has 0 saturated heterocycles. The number of ether oxygens (including phenoxy) is 1. The molecule has 0 heterocycles. The minimum Gasteiger partial charge on any atom is -0.410 e. The van der Waals surface area contributed by atoms with Crippen LogP contribution >= 0.6 is 0 Å². The van der Waals surface area contributed by atoms with Crippen molar-refractivity contribution >= 4 is 29.2 Å². The predicted octanol–water partition coefficient (Wildman–Crippen LogP) is 2.96. The fourth-order valence-electron chi connectivity index (χ4n) is 1.75. The van der Waals surface area contributed by atoms with E-state index in [1.807, 2.05) is 0 Å². The van der Waals surface area contributed by atoms with Gasteiger partial charge in [0.1, 0.15) is 5.75 Å². The third-order valence-electron chi connectivity index (χ3n) is 2.85. The maximum atomic E-state index is 11.8. The molecule has 0 unspecified atom stereocenters. The molecule has 0 radical (unpaired) electrons. The molecule has 0 bridgehead atoms. The van der Waals surface area contributed by atoms with E-state index in [1.165, 1.54) is 37.4 Å². The summed E-state index contributed by atoms with van der Waals surface area (Å²) in [5, 5.41) is 18.0. The average molecular weight is 330 g/mol. The van der Waals surface area contributed by atoms with Gasteiger partial charge in [-0.3, -0.25) is 15.4 Å². The van der Waals surface area contributed by atoms with Gasteiger partial charge in [0.15, 0.2) is 0 Å². The van der Waals surface area contributed by atoms with Gasteiger partial charge in [0, 0.05) is 36.6 Å². The molecule has 0 saturated carbocycles. The van der Waals surface area contributed by atoms with E-state index in [9.17, 15) is 19.7 Å². The van der Waals surface area contributed by atoms with Crippen LogP contribution in [0.15, 0.2) is 48.5 Å². The van der Waals surface area contributed by atoms with Crippen LogP contribution in [0.5, 0.6) is 5.75 Å². The predicted molar refractivity (Wildman–Crippen MR) is 87.3 cm³/mol. The van der Waals surface area contributed by atoms with Gasteiger partial charge in [0.25, 0.3) is 5.69 Å². The Kier molecular flexibility index (Phi) is 5.29. The van der Waals surface area contributed by atoms with Crippen LogP contribution in [-0.2, 0) is 0 Å². The molecule has 9 heteroatoms. The van der Waals surface area contributed by atoms with E-state index < -0.39 is 17.0 Å². The highest BCUT2D eigenvalue weighted by Crippen LogP contribution is 2.19. The summed E-state index contributed by atoms with van der Waals surface area (Å²) in [5.41, 5.74) is 0.724. The number of hydrogen-bond acceptors (Lipinski definition) is 5. The quantitative estimate of drug-likeness (QED) is 0.587. The number of nitro benzene ring substituents is 1. The number of nitro groups is 1. The maximum Gasteiger partial charge on any atom is 0.417 e. The number of urea groups is 1. The van der Waals surface area contributed by atoms with Crippen molar-refractivity contribution in [1.29, 1.82) is 0 Å². The number of rotatable bonds is 4. The standard InChI is InChI=1S/C15H14N4O5/c1-16-14(20)17-11-3-2-4-13(9-11)24-15(21)18-10-5-7-12(8-6-10)19(22)23/h2-9H,1H3,(H,18,21)(H2,16,17,20). The summed E-state index contributed by atoms with van der Waals surface area (Å²) in [4.78, 5) is 33.1. The zero-order valence-corrected chi connectivity index (χ0v) is 12.6. The summed E-state index contributed by atoms with van der Waals surface area (Å²) in [7, 11) is 1.48. The first-order valence-electron chi connectivity index (χ1n) is 6.80. The number of hydrogen-bond donors (Lipinski definition) is 3. The van der Waals surface area contributed by atoms with Crippen molar-refractivity contribution < 1.29 is 19.2 Å². The Labute approximate surface area is 136 Å². The van der Waals surface area contributed by atoms with Gasteiger partial charge in [-0.15, -0.1) is 0 Å². The van der Waals surface area contributed by atoms with E-state index in [0.717, 1.165) is 0 Å². The first-order chi connectivity index (χ1) is 11.5. The Balaban J connectivity index is 1.98. The zero-order chi connectivity index (χ0) is 17.5. The lowest BCUT2D eigenvalue weighted by molar-refractivity contribution is -0.384. The second kappa shape index (κ2) is 7.58.